The average Bonchev–Trinajstić information content (AvgIpc) is 2.68. The van der Waals surface area contributed by atoms with Gasteiger partial charge in [0, 0.05) is 20.0 Å². The molecule has 0 saturated carbocycles. The molecule has 0 aliphatic rings. The Labute approximate surface area is 180 Å². The lowest BCUT2D eigenvalue weighted by Crippen LogP contribution is -2.26. The van der Waals surface area contributed by atoms with Gasteiger partial charge in [0.25, 0.3) is 0 Å². The number of anilines is 1. The number of benzene rings is 2. The summed E-state index contributed by atoms with van der Waals surface area (Å²) < 4.78 is 30.3. The highest BCUT2D eigenvalue weighted by atomic mass is 32.2. The number of unbranched alkanes of at least 4 members (excludes halogenated alkanes) is 2. The molecule has 4 N–H and O–H groups in total. The molecule has 2 rings (SSSR count). The summed E-state index contributed by atoms with van der Waals surface area (Å²) in [7, 11) is -3.90. The molecule has 2 aromatic rings. The number of carbonyl (C=O) groups excluding carboxylic acids is 1. The third kappa shape index (κ3) is 8.84. The molecule has 8 heteroatoms. The van der Waals surface area contributed by atoms with E-state index in [1.807, 2.05) is 24.3 Å². The zero-order valence-electron chi connectivity index (χ0n) is 18.0. The lowest BCUT2D eigenvalue weighted by molar-refractivity contribution is -0.115. The van der Waals surface area contributed by atoms with E-state index in [1.54, 1.807) is 18.2 Å². The summed E-state index contributed by atoms with van der Waals surface area (Å²) in [6, 6.07) is 14.3. The van der Waals surface area contributed by atoms with E-state index in [2.05, 4.69) is 24.5 Å². The Morgan fingerprint density at radius 2 is 1.50 bits per heavy atom. The smallest absolute Gasteiger partial charge is 0.241 e. The number of ether oxygens (including phenoxy) is 1. The van der Waals surface area contributed by atoms with Crippen LogP contribution in [0.4, 0.5) is 5.69 Å². The van der Waals surface area contributed by atoms with Crippen molar-refractivity contribution in [2.75, 3.05) is 18.0 Å². The van der Waals surface area contributed by atoms with Crippen LogP contribution in [0.1, 0.15) is 46.5 Å². The van der Waals surface area contributed by atoms with Crippen molar-refractivity contribution >= 4 is 21.6 Å². The second-order valence-corrected chi connectivity index (χ2v) is 8.40. The van der Waals surface area contributed by atoms with E-state index in [0.29, 0.717) is 11.5 Å². The van der Waals surface area contributed by atoms with Gasteiger partial charge >= 0.3 is 0 Å². The quantitative estimate of drug-likeness (QED) is 0.585. The van der Waals surface area contributed by atoms with E-state index in [1.165, 1.54) is 13.0 Å². The second kappa shape index (κ2) is 12.9. The van der Waals surface area contributed by atoms with Gasteiger partial charge in [-0.05, 0) is 37.1 Å². The van der Waals surface area contributed by atoms with Crippen molar-refractivity contribution in [3.05, 3.63) is 48.5 Å². The van der Waals surface area contributed by atoms with E-state index in [0.717, 1.165) is 44.5 Å². The number of primary amides is 1. The normalized spacial score (nSPS) is 10.7. The Balaban J connectivity index is 0.00000103. The van der Waals surface area contributed by atoms with Crippen LogP contribution in [0.3, 0.4) is 0 Å². The molecule has 0 unspecified atom stereocenters. The van der Waals surface area contributed by atoms with Crippen LogP contribution in [-0.2, 0) is 14.8 Å². The summed E-state index contributed by atoms with van der Waals surface area (Å²) in [5.74, 6) is 0.546. The molecular formula is C22H33N3O4S. The summed E-state index contributed by atoms with van der Waals surface area (Å²) >= 11 is 0. The van der Waals surface area contributed by atoms with Crippen LogP contribution < -0.4 is 20.5 Å². The fourth-order valence-corrected chi connectivity index (χ4v) is 3.41. The highest BCUT2D eigenvalue weighted by Crippen LogP contribution is 2.38. The van der Waals surface area contributed by atoms with Gasteiger partial charge in [-0.3, -0.25) is 4.79 Å². The first-order chi connectivity index (χ1) is 14.2. The summed E-state index contributed by atoms with van der Waals surface area (Å²) in [5, 5.41) is 5.45. The Hall–Kier alpha value is -2.58. The van der Waals surface area contributed by atoms with Gasteiger partial charge in [-0.1, -0.05) is 51.0 Å². The van der Waals surface area contributed by atoms with Gasteiger partial charge < -0.3 is 15.4 Å². The molecule has 0 aromatic heterocycles. The molecule has 7 nitrogen and oxygen atoms in total. The van der Waals surface area contributed by atoms with Gasteiger partial charge in [0.05, 0.1) is 5.69 Å². The highest BCUT2D eigenvalue weighted by molar-refractivity contribution is 7.89. The number of nitrogens with zero attached hydrogens (tertiary/aromatic N) is 1. The zero-order valence-corrected chi connectivity index (χ0v) is 18.8. The lowest BCUT2D eigenvalue weighted by atomic mass is 10.2. The highest BCUT2D eigenvalue weighted by Gasteiger charge is 2.22. The zero-order chi connectivity index (χ0) is 22.6. The van der Waals surface area contributed by atoms with Gasteiger partial charge in [-0.2, -0.15) is 0 Å². The van der Waals surface area contributed by atoms with Gasteiger partial charge in [0.15, 0.2) is 5.75 Å². The summed E-state index contributed by atoms with van der Waals surface area (Å²) in [5.41, 5.74) is 5.24. The number of amides is 1. The largest absolute Gasteiger partial charge is 0.454 e. The van der Waals surface area contributed by atoms with E-state index in [9.17, 15) is 13.2 Å². The topological polar surface area (TPSA) is 116 Å². The molecule has 0 heterocycles. The molecular weight excluding hydrogens is 402 g/mol. The molecule has 0 aliphatic carbocycles. The molecule has 0 spiro atoms. The van der Waals surface area contributed by atoms with Crippen molar-refractivity contribution in [2.45, 2.75) is 51.3 Å². The molecule has 0 saturated heterocycles. The summed E-state index contributed by atoms with van der Waals surface area (Å²) in [4.78, 5) is 11.4. The average molecular weight is 436 g/mol. The van der Waals surface area contributed by atoms with Gasteiger partial charge in [-0.15, -0.1) is 0 Å². The Morgan fingerprint density at radius 1 is 0.967 bits per heavy atom. The molecule has 0 fully saturated rings. The number of nitrogens with two attached hydrogens (primary N) is 2. The molecule has 1 amide bonds. The number of rotatable bonds is 10. The number of carbonyl (C=O) groups is 1. The number of hydrogen-bond donors (Lipinski definition) is 2. The first-order valence-electron chi connectivity index (χ1n) is 10.1. The fraction of sp³-hybridized carbons (Fsp3) is 0.409. The number of primary sulfonamides is 1. The first-order valence-corrected chi connectivity index (χ1v) is 11.6. The minimum absolute atomic E-state index is 0.0110. The van der Waals surface area contributed by atoms with Crippen LogP contribution in [0.25, 0.3) is 0 Å². The van der Waals surface area contributed by atoms with Crippen molar-refractivity contribution in [2.24, 2.45) is 10.9 Å². The van der Waals surface area contributed by atoms with E-state index >= 15 is 0 Å². The minimum atomic E-state index is -3.90. The van der Waals surface area contributed by atoms with Crippen LogP contribution in [0, 0.1) is 0 Å². The molecule has 166 valence electrons. The lowest BCUT2D eigenvalue weighted by Gasteiger charge is -2.27. The van der Waals surface area contributed by atoms with Crippen LogP contribution in [-0.4, -0.2) is 27.4 Å². The standard InChI is InChI=1S/C20H28N2O3S.C2H5NO/c1-3-5-15-22(16-6-4-2)18-13-10-14-19(26(21,23)24)20(18)25-17-11-8-7-9-12-17;1-2(3)4/h7-14H,3-6,15-16H2,1-2H3,(H2,21,23,24);1H3,(H2,3,4). The number of para-hydroxylation sites is 2. The Bertz CT molecular complexity index is 875. The van der Waals surface area contributed by atoms with Crippen molar-refractivity contribution in [1.29, 1.82) is 0 Å². The Morgan fingerprint density at radius 3 is 1.97 bits per heavy atom. The number of sulfonamides is 1. The first kappa shape index (κ1) is 25.5. The van der Waals surface area contributed by atoms with E-state index in [-0.39, 0.29) is 10.8 Å². The molecule has 30 heavy (non-hydrogen) atoms. The maximum atomic E-state index is 12.1. The van der Waals surface area contributed by atoms with Gasteiger partial charge in [0.2, 0.25) is 15.9 Å². The molecule has 2 aromatic carbocycles. The maximum Gasteiger partial charge on any atom is 0.241 e. The monoisotopic (exact) mass is 435 g/mol. The molecule has 0 atom stereocenters. The van der Waals surface area contributed by atoms with E-state index < -0.39 is 10.0 Å². The number of hydrogen-bond acceptors (Lipinski definition) is 5. The van der Waals surface area contributed by atoms with Crippen LogP contribution >= 0.6 is 0 Å². The fourth-order valence-electron chi connectivity index (χ4n) is 2.74. The van der Waals surface area contributed by atoms with Crippen molar-refractivity contribution in [3.8, 4) is 11.5 Å². The second-order valence-electron chi connectivity index (χ2n) is 6.87. The van der Waals surface area contributed by atoms with Gasteiger partial charge in [-0.25, -0.2) is 13.6 Å². The van der Waals surface area contributed by atoms with Crippen molar-refractivity contribution in [3.63, 3.8) is 0 Å². The molecule has 0 bridgehead atoms. The van der Waals surface area contributed by atoms with E-state index in [4.69, 9.17) is 9.88 Å². The predicted octanol–water partition coefficient (Wildman–Crippen LogP) is 4.02. The van der Waals surface area contributed by atoms with Crippen LogP contribution in [0.5, 0.6) is 11.5 Å². The van der Waals surface area contributed by atoms with Crippen LogP contribution in [0.15, 0.2) is 53.4 Å². The minimum Gasteiger partial charge on any atom is -0.454 e. The summed E-state index contributed by atoms with van der Waals surface area (Å²) in [6.07, 6.45) is 4.17. The maximum absolute atomic E-state index is 12.1. The SMILES string of the molecule is CC(N)=O.CCCCN(CCCC)c1cccc(S(N)(=O)=O)c1Oc1ccccc1. The third-order valence-corrected chi connectivity index (χ3v) is 5.07. The van der Waals surface area contributed by atoms with Crippen LogP contribution in [0.2, 0.25) is 0 Å². The third-order valence-electron chi connectivity index (χ3n) is 4.13. The summed E-state index contributed by atoms with van der Waals surface area (Å²) in [6.45, 7) is 7.27. The molecule has 0 aliphatic heterocycles. The molecule has 0 radical (unpaired) electrons. The Kier molecular flexibility index (Phi) is 10.9. The predicted molar refractivity (Wildman–Crippen MR) is 121 cm³/mol. The van der Waals surface area contributed by atoms with Crippen molar-refractivity contribution < 1.29 is 17.9 Å². The van der Waals surface area contributed by atoms with Gasteiger partial charge in [0.1, 0.15) is 10.6 Å². The van der Waals surface area contributed by atoms with Crippen molar-refractivity contribution in [1.82, 2.24) is 0 Å².